The number of ether oxygens (including phenoxy) is 1. The number of esters is 1. The Balaban J connectivity index is 1.37. The van der Waals surface area contributed by atoms with Gasteiger partial charge < -0.3 is 25.0 Å². The van der Waals surface area contributed by atoms with Gasteiger partial charge in [0.05, 0.1) is 17.7 Å². The van der Waals surface area contributed by atoms with E-state index in [1.54, 1.807) is 50.5 Å². The van der Waals surface area contributed by atoms with Crippen molar-refractivity contribution in [2.75, 3.05) is 33.1 Å². The van der Waals surface area contributed by atoms with Crippen molar-refractivity contribution in [3.05, 3.63) is 124 Å². The van der Waals surface area contributed by atoms with Crippen LogP contribution in [0.1, 0.15) is 68.5 Å². The fraction of sp³-hybridized carbons (Fsp3) is 0.256. The van der Waals surface area contributed by atoms with Gasteiger partial charge in [-0.2, -0.15) is 0 Å². The lowest BCUT2D eigenvalue weighted by Gasteiger charge is -2.32. The molecule has 0 unspecified atom stereocenters. The van der Waals surface area contributed by atoms with Gasteiger partial charge in [-0.1, -0.05) is 87.5 Å². The molecule has 0 spiro atoms. The minimum atomic E-state index is -1.88. The number of anilines is 1. The molecule has 3 amide bonds. The van der Waals surface area contributed by atoms with Crippen molar-refractivity contribution in [3.63, 3.8) is 0 Å². The van der Waals surface area contributed by atoms with Crippen molar-refractivity contribution in [1.82, 2.24) is 9.80 Å². The smallest absolute Gasteiger partial charge is 0.338 e. The second-order valence-electron chi connectivity index (χ2n) is 13.3. The first-order valence-electron chi connectivity index (χ1n) is 15.8. The number of amides is 3. The number of rotatable bonds is 9. The van der Waals surface area contributed by atoms with Gasteiger partial charge in [0.15, 0.2) is 0 Å². The van der Waals surface area contributed by atoms with E-state index in [1.807, 2.05) is 36.4 Å². The second kappa shape index (κ2) is 13.4. The maximum Gasteiger partial charge on any atom is 0.338 e. The van der Waals surface area contributed by atoms with Crippen molar-refractivity contribution >= 4 is 35.3 Å². The number of carboxylic acid groups (broad SMARTS) is 1. The summed E-state index contributed by atoms with van der Waals surface area (Å²) in [4.78, 5) is 67.8. The van der Waals surface area contributed by atoms with Crippen molar-refractivity contribution < 1.29 is 33.8 Å². The highest BCUT2D eigenvalue weighted by Gasteiger charge is 2.54. The third-order valence-electron chi connectivity index (χ3n) is 8.83. The molecule has 10 nitrogen and oxygen atoms in total. The van der Waals surface area contributed by atoms with Crippen LogP contribution in [0.2, 0.25) is 0 Å². The lowest BCUT2D eigenvalue weighted by Crippen LogP contribution is -2.51. The number of benzene rings is 4. The number of hydrogen-bond acceptors (Lipinski definition) is 6. The average molecular weight is 662 g/mol. The van der Waals surface area contributed by atoms with Crippen LogP contribution in [0.4, 0.5) is 5.69 Å². The second-order valence-corrected chi connectivity index (χ2v) is 13.3. The van der Waals surface area contributed by atoms with Gasteiger partial charge >= 0.3 is 11.9 Å². The van der Waals surface area contributed by atoms with Crippen LogP contribution >= 0.6 is 0 Å². The van der Waals surface area contributed by atoms with Gasteiger partial charge in [-0.05, 0) is 51.9 Å². The number of likely N-dealkylation sites (N-methyl/N-ethyl adjacent to an activating group) is 1. The number of carbonyl (C=O) groups is 5. The molecule has 5 rings (SSSR count). The predicted octanol–water partition coefficient (Wildman–Crippen LogP) is 5.76. The zero-order valence-electron chi connectivity index (χ0n) is 28.4. The zero-order valence-corrected chi connectivity index (χ0v) is 28.4. The molecule has 1 aliphatic rings. The average Bonchev–Trinajstić information content (AvgIpc) is 3.29. The summed E-state index contributed by atoms with van der Waals surface area (Å²) in [5.41, 5.74) is 2.59. The number of hydrogen-bond donors (Lipinski definition) is 2. The Hall–Kier alpha value is -5.77. The van der Waals surface area contributed by atoms with Crippen LogP contribution in [-0.4, -0.2) is 72.3 Å². The lowest BCUT2D eigenvalue weighted by atomic mass is 9.86. The summed E-state index contributed by atoms with van der Waals surface area (Å²) < 4.78 is 5.47. The molecule has 0 aromatic heterocycles. The van der Waals surface area contributed by atoms with Gasteiger partial charge in [0.1, 0.15) is 6.61 Å². The van der Waals surface area contributed by atoms with Gasteiger partial charge in [0.2, 0.25) is 5.54 Å². The molecule has 1 atom stereocenters. The molecular weight excluding hydrogens is 622 g/mol. The third kappa shape index (κ3) is 6.67. The molecular formula is C39H39N3O7. The van der Waals surface area contributed by atoms with Crippen molar-refractivity contribution in [2.45, 2.75) is 38.1 Å². The number of fused-ring (bicyclic) bond motifs is 1. The Labute approximate surface area is 285 Å². The Morgan fingerprint density at radius 3 is 2.12 bits per heavy atom. The molecule has 1 aliphatic heterocycles. The molecule has 0 saturated carbocycles. The van der Waals surface area contributed by atoms with Gasteiger partial charge in [-0.25, -0.2) is 4.79 Å². The van der Waals surface area contributed by atoms with E-state index < -0.39 is 41.8 Å². The van der Waals surface area contributed by atoms with E-state index in [9.17, 15) is 29.1 Å². The van der Waals surface area contributed by atoms with Crippen LogP contribution in [0.15, 0.2) is 91.0 Å². The van der Waals surface area contributed by atoms with E-state index in [4.69, 9.17) is 4.74 Å². The van der Waals surface area contributed by atoms with Crippen LogP contribution in [0.25, 0.3) is 11.1 Å². The third-order valence-corrected chi connectivity index (χ3v) is 8.83. The molecule has 10 heteroatoms. The van der Waals surface area contributed by atoms with Crippen LogP contribution in [0, 0.1) is 0 Å². The Bertz CT molecular complexity index is 1960. The van der Waals surface area contributed by atoms with Crippen LogP contribution in [-0.2, 0) is 31.7 Å². The SMILES string of the molecule is CN(C)C(=O)c1cc(CC(=O)OC[C@@]2(C(=O)O)c3ccccc3C(=O)N2C)ccc1NC(=O)c1ccccc1-c1ccc(C(C)(C)C)cc1. The predicted molar refractivity (Wildman–Crippen MR) is 186 cm³/mol. The van der Waals surface area contributed by atoms with Crippen LogP contribution in [0.3, 0.4) is 0 Å². The molecule has 1 heterocycles. The maximum absolute atomic E-state index is 13.7. The highest BCUT2D eigenvalue weighted by Crippen LogP contribution is 2.39. The van der Waals surface area contributed by atoms with E-state index in [2.05, 4.69) is 26.1 Å². The Morgan fingerprint density at radius 2 is 1.49 bits per heavy atom. The fourth-order valence-corrected chi connectivity index (χ4v) is 5.96. The van der Waals surface area contributed by atoms with Crippen molar-refractivity contribution in [3.8, 4) is 11.1 Å². The summed E-state index contributed by atoms with van der Waals surface area (Å²) in [6.07, 6.45) is -0.287. The summed E-state index contributed by atoms with van der Waals surface area (Å²) in [6.45, 7) is 5.80. The van der Waals surface area contributed by atoms with Gasteiger partial charge in [0, 0.05) is 37.8 Å². The normalized spacial score (nSPS) is 15.4. The molecule has 4 aromatic carbocycles. The van der Waals surface area contributed by atoms with Crippen molar-refractivity contribution in [1.29, 1.82) is 0 Å². The summed E-state index contributed by atoms with van der Waals surface area (Å²) in [5, 5.41) is 13.1. The van der Waals surface area contributed by atoms with E-state index in [0.717, 1.165) is 16.0 Å². The Kier molecular flexibility index (Phi) is 9.44. The largest absolute Gasteiger partial charge is 0.479 e. The van der Waals surface area contributed by atoms with Crippen molar-refractivity contribution in [2.24, 2.45) is 0 Å². The Morgan fingerprint density at radius 1 is 0.857 bits per heavy atom. The lowest BCUT2D eigenvalue weighted by molar-refractivity contribution is -0.159. The highest BCUT2D eigenvalue weighted by atomic mass is 16.5. The minimum absolute atomic E-state index is 0.0202. The van der Waals surface area contributed by atoms with E-state index in [-0.39, 0.29) is 34.2 Å². The minimum Gasteiger partial charge on any atom is -0.479 e. The van der Waals surface area contributed by atoms with Crippen LogP contribution < -0.4 is 5.32 Å². The standard InChI is InChI=1S/C39H39N3O7/c1-38(2,3)26-18-16-25(17-19-26)27-11-7-8-12-28(27)34(44)40-32-20-15-24(21-30(32)35(45)41(4)5)22-33(43)49-23-39(37(47)48)31-14-10-9-13-29(31)36(46)42(39)6/h7-21H,22-23H2,1-6H3,(H,40,44)(H,47,48)/t39-/m0/s1. The summed E-state index contributed by atoms with van der Waals surface area (Å²) in [6, 6.07) is 26.3. The number of aliphatic carboxylic acids is 1. The van der Waals surface area contributed by atoms with E-state index >= 15 is 0 Å². The number of carboxylic acids is 1. The fourth-order valence-electron chi connectivity index (χ4n) is 5.96. The zero-order chi connectivity index (χ0) is 35.7. The number of carbonyl (C=O) groups excluding carboxylic acids is 4. The monoisotopic (exact) mass is 661 g/mol. The first-order valence-corrected chi connectivity index (χ1v) is 15.8. The first kappa shape index (κ1) is 34.6. The summed E-state index contributed by atoms with van der Waals surface area (Å²) in [5.74, 6) is -3.38. The number of nitrogens with zero attached hydrogens (tertiary/aromatic N) is 2. The molecule has 252 valence electrons. The van der Waals surface area contributed by atoms with Crippen LogP contribution in [0.5, 0.6) is 0 Å². The first-order chi connectivity index (χ1) is 23.1. The molecule has 0 radical (unpaired) electrons. The topological polar surface area (TPSA) is 133 Å². The molecule has 0 aliphatic carbocycles. The molecule has 0 fully saturated rings. The number of nitrogens with one attached hydrogen (secondary N) is 1. The van der Waals surface area contributed by atoms with Gasteiger partial charge in [0.25, 0.3) is 17.7 Å². The van der Waals surface area contributed by atoms with Gasteiger partial charge in [-0.15, -0.1) is 0 Å². The molecule has 0 saturated heterocycles. The maximum atomic E-state index is 13.7. The van der Waals surface area contributed by atoms with E-state index in [0.29, 0.717) is 11.1 Å². The highest BCUT2D eigenvalue weighted by molar-refractivity contribution is 6.12. The summed E-state index contributed by atoms with van der Waals surface area (Å²) >= 11 is 0. The van der Waals surface area contributed by atoms with E-state index in [1.165, 1.54) is 35.7 Å². The molecule has 4 aromatic rings. The van der Waals surface area contributed by atoms with Gasteiger partial charge in [-0.3, -0.25) is 19.2 Å². The quantitative estimate of drug-likeness (QED) is 0.218. The molecule has 49 heavy (non-hydrogen) atoms. The molecule has 0 bridgehead atoms. The summed E-state index contributed by atoms with van der Waals surface area (Å²) in [7, 11) is 4.51. The molecule has 2 N–H and O–H groups in total.